The van der Waals surface area contributed by atoms with Gasteiger partial charge in [-0.1, -0.05) is 0 Å². The van der Waals surface area contributed by atoms with Crippen molar-refractivity contribution in [2.45, 2.75) is 20.8 Å². The molecule has 1 aromatic carbocycles. The van der Waals surface area contributed by atoms with Gasteiger partial charge in [-0.2, -0.15) is 0 Å². The first-order chi connectivity index (χ1) is 10.5. The zero-order valence-corrected chi connectivity index (χ0v) is 17.0. The molecule has 0 radical (unpaired) electrons. The van der Waals surface area contributed by atoms with Crippen LogP contribution in [0.3, 0.4) is 0 Å². The molecular weight excluding hydrogens is 499 g/mol. The average molecular weight is 518 g/mol. The first-order valence-corrected chi connectivity index (χ1v) is 8.05. The third kappa shape index (κ3) is 45.0. The zero-order chi connectivity index (χ0) is 18.8. The Balaban J connectivity index is -0.000000278. The van der Waals surface area contributed by atoms with Gasteiger partial charge in [0.05, 0.1) is 0 Å². The summed E-state index contributed by atoms with van der Waals surface area (Å²) in [5.74, 6) is -2.33. The standard InChI is InChI=1S/C9H9O.3C2H4O2.Pb/c1-2-8-10-9-6-4-3-5-7-9;3*1-2(3)4;/h2,4-7H,1,8H2;3*1H3,(H,3,4);/q;;;;+3/p-3. The molecule has 0 saturated heterocycles. The smallest absolute Gasteiger partial charge is 0.0383 e. The molecule has 0 aliphatic heterocycles. The van der Waals surface area contributed by atoms with Gasteiger partial charge in [0.2, 0.25) is 0 Å². The molecule has 0 heterocycles. The molecule has 7 nitrogen and oxygen atoms in total. The molecule has 0 aliphatic carbocycles. The quantitative estimate of drug-likeness (QED) is 0.316. The minimum Gasteiger partial charge on any atom is -0.550 e. The van der Waals surface area contributed by atoms with Crippen molar-refractivity contribution in [2.75, 3.05) is 6.61 Å². The number of carboxylic acids is 3. The maximum Gasteiger partial charge on any atom is 0.0383 e. The van der Waals surface area contributed by atoms with Gasteiger partial charge in [0.25, 0.3) is 0 Å². The van der Waals surface area contributed by atoms with Crippen LogP contribution < -0.4 is 23.2 Å². The van der Waals surface area contributed by atoms with E-state index in [1.807, 2.05) is 12.1 Å². The number of rotatable bonds is 3. The van der Waals surface area contributed by atoms with Crippen LogP contribution in [-0.4, -0.2) is 50.3 Å². The molecule has 0 aromatic heterocycles. The number of benzene rings is 1. The number of aliphatic carboxylic acids is 3. The second-order valence-electron chi connectivity index (χ2n) is 3.60. The molecule has 0 amide bonds. The summed E-state index contributed by atoms with van der Waals surface area (Å²) in [5.41, 5.74) is 0. The summed E-state index contributed by atoms with van der Waals surface area (Å²) in [6, 6.07) is 8.16. The van der Waals surface area contributed by atoms with Crippen LogP contribution in [0.25, 0.3) is 0 Å². The summed E-state index contributed by atoms with van der Waals surface area (Å²) in [4.78, 5) is 26.7. The molecule has 1 aromatic rings. The van der Waals surface area contributed by atoms with E-state index in [1.54, 1.807) is 6.08 Å². The van der Waals surface area contributed by atoms with Crippen LogP contribution in [-0.2, 0) is 14.4 Å². The van der Waals surface area contributed by atoms with Gasteiger partial charge in [-0.25, -0.2) is 0 Å². The monoisotopic (exact) mass is 518 g/mol. The van der Waals surface area contributed by atoms with Gasteiger partial charge in [0.15, 0.2) is 0 Å². The van der Waals surface area contributed by atoms with Crippen LogP contribution in [0.15, 0.2) is 36.9 Å². The van der Waals surface area contributed by atoms with Crippen molar-refractivity contribution < 1.29 is 34.4 Å². The number of carbonyl (C=O) groups is 3. The summed E-state index contributed by atoms with van der Waals surface area (Å²) in [6.45, 7) is 7.08. The second kappa shape index (κ2) is 18.1. The van der Waals surface area contributed by atoms with Crippen molar-refractivity contribution >= 4 is 46.8 Å². The Morgan fingerprint density at radius 3 is 1.57 bits per heavy atom. The van der Waals surface area contributed by atoms with Crippen LogP contribution in [0.1, 0.15) is 20.8 Å². The van der Waals surface area contributed by atoms with Gasteiger partial charge < -0.3 is 29.7 Å². The van der Waals surface area contributed by atoms with E-state index in [0.29, 0.717) is 6.61 Å². The summed E-state index contributed by atoms with van der Waals surface area (Å²) in [6.07, 6.45) is 1.74. The molecular formula is C15H18O7Pb. The van der Waals surface area contributed by atoms with E-state index in [9.17, 15) is 0 Å². The topological polar surface area (TPSA) is 130 Å². The van der Waals surface area contributed by atoms with E-state index in [-0.39, 0.29) is 0 Å². The van der Waals surface area contributed by atoms with E-state index in [0.717, 1.165) is 52.3 Å². The minimum atomic E-state index is -1.08. The average Bonchev–Trinajstić information content (AvgIpc) is 2.36. The van der Waals surface area contributed by atoms with Crippen molar-refractivity contribution in [1.29, 1.82) is 0 Å². The number of carbonyl (C=O) groups excluding carboxylic acids is 3. The van der Waals surface area contributed by atoms with Crippen LogP contribution in [0, 0.1) is 0 Å². The van der Waals surface area contributed by atoms with E-state index in [1.165, 1.54) is 3.12 Å². The number of hydrogen-bond donors (Lipinski definition) is 0. The molecule has 0 aliphatic rings. The van der Waals surface area contributed by atoms with Gasteiger partial charge in [-0.3, -0.25) is 0 Å². The molecule has 0 fully saturated rings. The van der Waals surface area contributed by atoms with Crippen LogP contribution >= 0.6 is 0 Å². The molecule has 0 unspecified atom stereocenters. The van der Waals surface area contributed by atoms with Gasteiger partial charge in [0, 0.05) is 17.9 Å². The van der Waals surface area contributed by atoms with Crippen molar-refractivity contribution in [1.82, 2.24) is 0 Å². The first-order valence-electron chi connectivity index (χ1n) is 6.11. The predicted octanol–water partition coefficient (Wildman–Crippen LogP) is -2.69. The minimum absolute atomic E-state index is 0.584. The third-order valence-electron chi connectivity index (χ3n) is 1.22. The number of carboxylic acid groups (broad SMARTS) is 3. The SMILES string of the molecule is C=CCOc1cc[c]([Pb+3])cc1.CC(=O)[O-].CC(=O)[O-].CC(=O)[O-]. The molecule has 0 bridgehead atoms. The van der Waals surface area contributed by atoms with E-state index < -0.39 is 17.9 Å². The summed E-state index contributed by atoms with van der Waals surface area (Å²) >= 11 is 1.10. The fourth-order valence-electron chi connectivity index (χ4n) is 0.706. The molecule has 0 saturated carbocycles. The fourth-order valence-corrected chi connectivity index (χ4v) is 1.35. The van der Waals surface area contributed by atoms with Gasteiger partial charge in [0.1, 0.15) is 0 Å². The Labute approximate surface area is 151 Å². The Morgan fingerprint density at radius 2 is 1.30 bits per heavy atom. The molecule has 8 heteroatoms. The van der Waals surface area contributed by atoms with Gasteiger partial charge >= 0.3 is 82.9 Å². The Kier molecular flexibility index (Phi) is 20.5. The fraction of sp³-hybridized carbons (Fsp3) is 0.267. The van der Waals surface area contributed by atoms with Crippen molar-refractivity contribution in [3.63, 3.8) is 0 Å². The first kappa shape index (κ1) is 26.0. The predicted molar refractivity (Wildman–Crippen MR) is 79.6 cm³/mol. The van der Waals surface area contributed by atoms with Crippen molar-refractivity contribution in [3.8, 4) is 5.75 Å². The molecule has 0 N–H and O–H groups in total. The van der Waals surface area contributed by atoms with Crippen LogP contribution in [0.4, 0.5) is 0 Å². The summed E-state index contributed by atoms with van der Waals surface area (Å²) in [7, 11) is 0. The summed E-state index contributed by atoms with van der Waals surface area (Å²) < 4.78 is 6.69. The normalized spacial score (nSPS) is 7.70. The van der Waals surface area contributed by atoms with E-state index in [2.05, 4.69) is 18.7 Å². The molecule has 0 spiro atoms. The van der Waals surface area contributed by atoms with Crippen molar-refractivity contribution in [2.24, 2.45) is 0 Å². The maximum absolute atomic E-state index is 8.89. The number of ether oxygens (including phenoxy) is 1. The van der Waals surface area contributed by atoms with E-state index in [4.69, 9.17) is 34.4 Å². The van der Waals surface area contributed by atoms with Crippen LogP contribution in [0.5, 0.6) is 5.75 Å². The largest absolute Gasteiger partial charge is 0.550 e. The molecule has 23 heavy (non-hydrogen) atoms. The van der Waals surface area contributed by atoms with Crippen molar-refractivity contribution in [3.05, 3.63) is 36.9 Å². The Hall–Kier alpha value is -1.91. The molecule has 1 rings (SSSR count). The third-order valence-corrected chi connectivity index (χ3v) is 2.52. The Bertz CT molecular complexity index is 429. The Morgan fingerprint density at radius 1 is 1.00 bits per heavy atom. The molecule has 124 valence electrons. The zero-order valence-electron chi connectivity index (χ0n) is 13.2. The maximum atomic E-state index is 8.89. The van der Waals surface area contributed by atoms with Gasteiger partial charge in [-0.15, -0.1) is 0 Å². The summed E-state index contributed by atoms with van der Waals surface area (Å²) in [5, 5.41) is 26.7. The van der Waals surface area contributed by atoms with Crippen LogP contribution in [0.2, 0.25) is 0 Å². The van der Waals surface area contributed by atoms with E-state index >= 15 is 0 Å². The second-order valence-corrected chi connectivity index (χ2v) is 5.84. The van der Waals surface area contributed by atoms with Gasteiger partial charge in [-0.05, 0) is 20.8 Å². The molecule has 0 atom stereocenters. The number of hydrogen-bond acceptors (Lipinski definition) is 7.